The molecule has 1 aliphatic heterocycles. The van der Waals surface area contributed by atoms with E-state index in [2.05, 4.69) is 22.9 Å². The molecule has 2 rings (SSSR count). The van der Waals surface area contributed by atoms with Gasteiger partial charge in [-0.1, -0.05) is 23.7 Å². The topological polar surface area (TPSA) is 38.5 Å². The molecule has 0 atom stereocenters. The summed E-state index contributed by atoms with van der Waals surface area (Å²) in [6.07, 6.45) is 0. The minimum absolute atomic E-state index is 0.407. The number of rotatable bonds is 3. The van der Waals surface area contributed by atoms with Crippen molar-refractivity contribution < 1.29 is 4.84 Å². The highest BCUT2D eigenvalue weighted by molar-refractivity contribution is 6.31. The first-order valence-electron chi connectivity index (χ1n) is 4.99. The zero-order valence-corrected chi connectivity index (χ0v) is 9.50. The fourth-order valence-corrected chi connectivity index (χ4v) is 2.34. The molecule has 1 fully saturated rings. The summed E-state index contributed by atoms with van der Waals surface area (Å²) < 4.78 is 0. The van der Waals surface area contributed by atoms with E-state index in [9.17, 15) is 0 Å². The molecular weight excluding hydrogens is 212 g/mol. The van der Waals surface area contributed by atoms with E-state index in [1.807, 2.05) is 12.1 Å². The zero-order chi connectivity index (χ0) is 10.8. The number of hydrogen-bond donors (Lipinski definition) is 1. The minimum Gasteiger partial charge on any atom is -0.305 e. The van der Waals surface area contributed by atoms with Gasteiger partial charge in [0.1, 0.15) is 0 Å². The van der Waals surface area contributed by atoms with Crippen LogP contribution in [0.1, 0.15) is 17.0 Å². The Labute approximate surface area is 94.7 Å². The van der Waals surface area contributed by atoms with E-state index in [-0.39, 0.29) is 0 Å². The largest absolute Gasteiger partial charge is 0.305 e. The minimum atomic E-state index is 0.407. The fourth-order valence-electron chi connectivity index (χ4n) is 1.98. The Morgan fingerprint density at radius 3 is 2.80 bits per heavy atom. The Balaban J connectivity index is 2.12. The van der Waals surface area contributed by atoms with Crippen LogP contribution in [0.15, 0.2) is 18.2 Å². The van der Waals surface area contributed by atoms with E-state index in [1.165, 1.54) is 5.56 Å². The highest BCUT2D eigenvalue weighted by atomic mass is 35.5. The van der Waals surface area contributed by atoms with Gasteiger partial charge in [0.15, 0.2) is 0 Å². The lowest BCUT2D eigenvalue weighted by Gasteiger charge is -2.37. The summed E-state index contributed by atoms with van der Waals surface area (Å²) in [7, 11) is 2.11. The molecule has 0 bridgehead atoms. The molecule has 1 saturated heterocycles. The molecule has 0 spiro atoms. The van der Waals surface area contributed by atoms with Crippen LogP contribution in [0.25, 0.3) is 0 Å². The summed E-state index contributed by atoms with van der Waals surface area (Å²) in [5, 5.41) is 0.822. The lowest BCUT2D eigenvalue weighted by atomic mass is 9.91. The van der Waals surface area contributed by atoms with Gasteiger partial charge in [0.2, 0.25) is 0 Å². The van der Waals surface area contributed by atoms with E-state index in [4.69, 9.17) is 17.5 Å². The Kier molecular flexibility index (Phi) is 3.26. The predicted molar refractivity (Wildman–Crippen MR) is 60.7 cm³/mol. The molecule has 0 radical (unpaired) electrons. The zero-order valence-electron chi connectivity index (χ0n) is 8.74. The van der Waals surface area contributed by atoms with Crippen molar-refractivity contribution in [3.05, 3.63) is 34.3 Å². The van der Waals surface area contributed by atoms with Crippen molar-refractivity contribution in [2.24, 2.45) is 5.90 Å². The van der Waals surface area contributed by atoms with Crippen LogP contribution in [0, 0.1) is 0 Å². The highest BCUT2D eigenvalue weighted by Gasteiger charge is 2.26. The van der Waals surface area contributed by atoms with Gasteiger partial charge in [-0.25, -0.2) is 5.90 Å². The second-order valence-corrected chi connectivity index (χ2v) is 4.49. The van der Waals surface area contributed by atoms with E-state index in [0.29, 0.717) is 12.5 Å². The average Bonchev–Trinajstić information content (AvgIpc) is 2.15. The van der Waals surface area contributed by atoms with Crippen LogP contribution in [0.2, 0.25) is 5.02 Å². The number of halogens is 1. The van der Waals surface area contributed by atoms with Crippen molar-refractivity contribution in [1.82, 2.24) is 4.90 Å². The molecule has 1 aromatic rings. The van der Waals surface area contributed by atoms with Crippen molar-refractivity contribution in [3.8, 4) is 0 Å². The van der Waals surface area contributed by atoms with Gasteiger partial charge in [0, 0.05) is 24.0 Å². The van der Waals surface area contributed by atoms with E-state index < -0.39 is 0 Å². The standard InChI is InChI=1S/C11H15ClN2O/c1-14-5-9(6-14)10-3-2-8(7-15-13)4-11(10)12/h2-4,9H,5-7,13H2,1H3. The quantitative estimate of drug-likeness (QED) is 0.799. The first kappa shape index (κ1) is 10.9. The van der Waals surface area contributed by atoms with Crippen LogP contribution in [0.3, 0.4) is 0 Å². The van der Waals surface area contributed by atoms with Crippen molar-refractivity contribution in [1.29, 1.82) is 0 Å². The van der Waals surface area contributed by atoms with Gasteiger partial charge in [-0.15, -0.1) is 0 Å². The maximum atomic E-state index is 6.21. The summed E-state index contributed by atoms with van der Waals surface area (Å²) >= 11 is 6.21. The lowest BCUT2D eigenvalue weighted by molar-refractivity contribution is 0.124. The normalized spacial score (nSPS) is 17.8. The van der Waals surface area contributed by atoms with Crippen LogP contribution in [0.5, 0.6) is 0 Å². The number of benzene rings is 1. The van der Waals surface area contributed by atoms with E-state index in [0.717, 1.165) is 23.7 Å². The van der Waals surface area contributed by atoms with Gasteiger partial charge in [0.25, 0.3) is 0 Å². The molecule has 15 heavy (non-hydrogen) atoms. The third-order valence-corrected chi connectivity index (χ3v) is 3.15. The summed E-state index contributed by atoms with van der Waals surface area (Å²) in [5.41, 5.74) is 2.24. The Morgan fingerprint density at radius 1 is 1.53 bits per heavy atom. The number of hydrogen-bond acceptors (Lipinski definition) is 3. The van der Waals surface area contributed by atoms with E-state index in [1.54, 1.807) is 0 Å². The van der Waals surface area contributed by atoms with Gasteiger partial charge in [-0.2, -0.15) is 0 Å². The van der Waals surface area contributed by atoms with Gasteiger partial charge in [-0.3, -0.25) is 4.84 Å². The third kappa shape index (κ3) is 2.32. The smallest absolute Gasteiger partial charge is 0.0930 e. The van der Waals surface area contributed by atoms with Crippen molar-refractivity contribution >= 4 is 11.6 Å². The molecule has 2 N–H and O–H groups in total. The Bertz CT molecular complexity index is 350. The average molecular weight is 227 g/mol. The van der Waals surface area contributed by atoms with Crippen LogP contribution < -0.4 is 5.90 Å². The van der Waals surface area contributed by atoms with Gasteiger partial charge in [0.05, 0.1) is 6.61 Å². The molecule has 0 amide bonds. The maximum absolute atomic E-state index is 6.21. The molecule has 3 nitrogen and oxygen atoms in total. The first-order chi connectivity index (χ1) is 7.20. The summed E-state index contributed by atoms with van der Waals surface area (Å²) in [6.45, 7) is 2.59. The number of likely N-dealkylation sites (N-methyl/N-ethyl adjacent to an activating group) is 1. The molecule has 1 heterocycles. The van der Waals surface area contributed by atoms with Crippen molar-refractivity contribution in [3.63, 3.8) is 0 Å². The van der Waals surface area contributed by atoms with Crippen molar-refractivity contribution in [2.75, 3.05) is 20.1 Å². The molecule has 1 aliphatic rings. The second kappa shape index (κ2) is 4.49. The fraction of sp³-hybridized carbons (Fsp3) is 0.455. The van der Waals surface area contributed by atoms with Crippen LogP contribution >= 0.6 is 11.6 Å². The highest BCUT2D eigenvalue weighted by Crippen LogP contribution is 2.31. The summed E-state index contributed by atoms with van der Waals surface area (Å²) in [4.78, 5) is 6.85. The maximum Gasteiger partial charge on any atom is 0.0930 e. The number of nitrogens with zero attached hydrogens (tertiary/aromatic N) is 1. The lowest BCUT2D eigenvalue weighted by Crippen LogP contribution is -2.41. The second-order valence-electron chi connectivity index (χ2n) is 4.09. The predicted octanol–water partition coefficient (Wildman–Crippen LogP) is 1.76. The van der Waals surface area contributed by atoms with Gasteiger partial charge in [-0.05, 0) is 24.2 Å². The molecule has 0 aromatic heterocycles. The van der Waals surface area contributed by atoms with E-state index >= 15 is 0 Å². The van der Waals surface area contributed by atoms with Crippen LogP contribution in [-0.2, 0) is 11.4 Å². The summed E-state index contributed by atoms with van der Waals surface area (Å²) in [6, 6.07) is 6.03. The molecule has 0 saturated carbocycles. The number of likely N-dealkylation sites (tertiary alicyclic amines) is 1. The van der Waals surface area contributed by atoms with Gasteiger partial charge < -0.3 is 4.90 Å². The third-order valence-electron chi connectivity index (χ3n) is 2.82. The molecule has 0 aliphatic carbocycles. The Hall–Kier alpha value is -0.610. The summed E-state index contributed by atoms with van der Waals surface area (Å²) in [5.74, 6) is 5.59. The van der Waals surface area contributed by atoms with Crippen molar-refractivity contribution in [2.45, 2.75) is 12.5 Å². The molecule has 0 unspecified atom stereocenters. The molecule has 82 valence electrons. The van der Waals surface area contributed by atoms with Gasteiger partial charge >= 0.3 is 0 Å². The molecular formula is C11H15ClN2O. The SMILES string of the molecule is CN1CC(c2ccc(CON)cc2Cl)C1. The van der Waals surface area contributed by atoms with Crippen LogP contribution in [0.4, 0.5) is 0 Å². The Morgan fingerprint density at radius 2 is 2.27 bits per heavy atom. The van der Waals surface area contributed by atoms with Crippen LogP contribution in [-0.4, -0.2) is 25.0 Å². The molecule has 4 heteroatoms. The number of nitrogens with two attached hydrogens (primary N) is 1. The molecule has 1 aromatic carbocycles. The monoisotopic (exact) mass is 226 g/mol. The first-order valence-corrected chi connectivity index (χ1v) is 5.37.